The van der Waals surface area contributed by atoms with Crippen LogP contribution in [0.25, 0.3) is 10.9 Å². The maximum Gasteiger partial charge on any atom is 0.0583 e. The quantitative estimate of drug-likeness (QED) is 0.608. The van der Waals surface area contributed by atoms with Crippen molar-refractivity contribution < 1.29 is 0 Å². The highest BCUT2D eigenvalue weighted by atomic mass is 35.5. The van der Waals surface area contributed by atoms with Gasteiger partial charge in [0.05, 0.1) is 11.6 Å². The molecule has 0 spiro atoms. The van der Waals surface area contributed by atoms with Gasteiger partial charge >= 0.3 is 0 Å². The van der Waals surface area contributed by atoms with Crippen molar-refractivity contribution in [3.63, 3.8) is 0 Å². The first-order valence-corrected chi connectivity index (χ1v) is 6.99. The third kappa shape index (κ3) is 2.15. The normalized spacial score (nSPS) is 12.7. The van der Waals surface area contributed by atoms with Crippen LogP contribution in [0.5, 0.6) is 0 Å². The van der Waals surface area contributed by atoms with E-state index in [1.807, 2.05) is 12.1 Å². The lowest BCUT2D eigenvalue weighted by molar-refractivity contribution is 0.585. The predicted octanol–water partition coefficient (Wildman–Crippen LogP) is 5.29. The van der Waals surface area contributed by atoms with Crippen molar-refractivity contribution in [3.05, 3.63) is 71.4 Å². The molecule has 0 aliphatic carbocycles. The summed E-state index contributed by atoms with van der Waals surface area (Å²) in [7, 11) is 0. The molecule has 0 aliphatic rings. The van der Waals surface area contributed by atoms with Gasteiger partial charge in [-0.15, -0.1) is 0 Å². The Hall–Kier alpha value is -1.73. The van der Waals surface area contributed by atoms with E-state index < -0.39 is 0 Å². The van der Waals surface area contributed by atoms with Gasteiger partial charge < -0.3 is 4.57 Å². The van der Waals surface area contributed by atoms with Crippen molar-refractivity contribution in [1.29, 1.82) is 0 Å². The van der Waals surface area contributed by atoms with Crippen LogP contribution in [0.4, 0.5) is 0 Å². The van der Waals surface area contributed by atoms with Gasteiger partial charge in [-0.2, -0.15) is 0 Å². The maximum atomic E-state index is 6.25. The Morgan fingerprint density at radius 2 is 1.79 bits per heavy atom. The Morgan fingerprint density at radius 1 is 1.00 bits per heavy atom. The van der Waals surface area contributed by atoms with Crippen LogP contribution < -0.4 is 0 Å². The second kappa shape index (κ2) is 5.10. The molecule has 0 radical (unpaired) electrons. The van der Waals surface area contributed by atoms with E-state index in [9.17, 15) is 0 Å². The summed E-state index contributed by atoms with van der Waals surface area (Å²) in [6, 6.07) is 19.2. The Balaban J connectivity index is 2.15. The lowest BCUT2D eigenvalue weighted by Gasteiger charge is -2.19. The molecule has 96 valence electrons. The Bertz CT molecular complexity index is 685. The SMILES string of the molecule is CCC(c1ccccc1)n1ccc2c(Cl)cccc21. The van der Waals surface area contributed by atoms with Gasteiger partial charge in [-0.25, -0.2) is 0 Å². The minimum atomic E-state index is 0.358. The summed E-state index contributed by atoms with van der Waals surface area (Å²) in [5, 5.41) is 1.94. The van der Waals surface area contributed by atoms with Gasteiger partial charge in [0.15, 0.2) is 0 Å². The first kappa shape index (κ1) is 12.3. The minimum absolute atomic E-state index is 0.358. The van der Waals surface area contributed by atoms with E-state index in [-0.39, 0.29) is 0 Å². The number of aromatic nitrogens is 1. The highest BCUT2D eigenvalue weighted by Gasteiger charge is 2.14. The summed E-state index contributed by atoms with van der Waals surface area (Å²) in [4.78, 5) is 0. The number of fused-ring (bicyclic) bond motifs is 1. The molecule has 0 N–H and O–H groups in total. The summed E-state index contributed by atoms with van der Waals surface area (Å²) in [6.07, 6.45) is 3.19. The van der Waals surface area contributed by atoms with Crippen molar-refractivity contribution in [2.45, 2.75) is 19.4 Å². The molecule has 1 nitrogen and oxygen atoms in total. The van der Waals surface area contributed by atoms with E-state index in [1.165, 1.54) is 11.1 Å². The zero-order valence-corrected chi connectivity index (χ0v) is 11.6. The van der Waals surface area contributed by atoms with E-state index >= 15 is 0 Å². The number of rotatable bonds is 3. The molecular formula is C17H16ClN. The van der Waals surface area contributed by atoms with Gasteiger partial charge in [0.2, 0.25) is 0 Å². The van der Waals surface area contributed by atoms with Gasteiger partial charge in [-0.05, 0) is 30.2 Å². The first-order chi connectivity index (χ1) is 9.31. The smallest absolute Gasteiger partial charge is 0.0583 e. The number of nitrogens with zero attached hydrogens (tertiary/aromatic N) is 1. The molecule has 0 saturated carbocycles. The lowest BCUT2D eigenvalue weighted by atomic mass is 10.0. The maximum absolute atomic E-state index is 6.25. The largest absolute Gasteiger partial charge is 0.340 e. The van der Waals surface area contributed by atoms with Gasteiger partial charge in [-0.1, -0.05) is 54.9 Å². The highest BCUT2D eigenvalue weighted by Crippen LogP contribution is 2.30. The van der Waals surface area contributed by atoms with E-state index in [0.717, 1.165) is 16.8 Å². The number of halogens is 1. The van der Waals surface area contributed by atoms with Crippen LogP contribution in [0.2, 0.25) is 5.02 Å². The summed E-state index contributed by atoms with van der Waals surface area (Å²) < 4.78 is 2.32. The third-order valence-electron chi connectivity index (χ3n) is 3.62. The topological polar surface area (TPSA) is 4.93 Å². The van der Waals surface area contributed by atoms with E-state index in [2.05, 4.69) is 60.2 Å². The fourth-order valence-corrected chi connectivity index (χ4v) is 2.92. The molecule has 3 aromatic rings. The fourth-order valence-electron chi connectivity index (χ4n) is 2.69. The van der Waals surface area contributed by atoms with Crippen molar-refractivity contribution >= 4 is 22.5 Å². The fraction of sp³-hybridized carbons (Fsp3) is 0.176. The summed E-state index contributed by atoms with van der Waals surface area (Å²) in [5.41, 5.74) is 2.53. The van der Waals surface area contributed by atoms with E-state index in [4.69, 9.17) is 11.6 Å². The highest BCUT2D eigenvalue weighted by molar-refractivity contribution is 6.35. The van der Waals surface area contributed by atoms with Crippen LogP contribution in [-0.2, 0) is 0 Å². The zero-order valence-electron chi connectivity index (χ0n) is 10.9. The van der Waals surface area contributed by atoms with Gasteiger partial charge in [0, 0.05) is 16.6 Å². The Morgan fingerprint density at radius 3 is 2.53 bits per heavy atom. The van der Waals surface area contributed by atoms with Crippen molar-refractivity contribution in [3.8, 4) is 0 Å². The standard InChI is InChI=1S/C17H16ClN/c1-2-16(13-7-4-3-5-8-13)19-12-11-14-15(18)9-6-10-17(14)19/h3-12,16H,2H2,1H3. The molecule has 2 aromatic carbocycles. The number of hydrogen-bond donors (Lipinski definition) is 0. The summed E-state index contributed by atoms with van der Waals surface area (Å²) in [6.45, 7) is 2.22. The lowest BCUT2D eigenvalue weighted by Crippen LogP contribution is -2.08. The second-order valence-corrected chi connectivity index (χ2v) is 5.14. The molecule has 0 bridgehead atoms. The molecule has 0 fully saturated rings. The van der Waals surface area contributed by atoms with Crippen molar-refractivity contribution in [2.24, 2.45) is 0 Å². The average Bonchev–Trinajstić information content (AvgIpc) is 2.87. The molecular weight excluding hydrogens is 254 g/mol. The molecule has 1 unspecified atom stereocenters. The van der Waals surface area contributed by atoms with Gasteiger partial charge in [0.1, 0.15) is 0 Å². The predicted molar refractivity (Wildman–Crippen MR) is 81.8 cm³/mol. The molecule has 1 aromatic heterocycles. The van der Waals surface area contributed by atoms with Gasteiger partial charge in [0.25, 0.3) is 0 Å². The average molecular weight is 270 g/mol. The second-order valence-electron chi connectivity index (χ2n) is 4.73. The molecule has 1 atom stereocenters. The minimum Gasteiger partial charge on any atom is -0.340 e. The molecule has 19 heavy (non-hydrogen) atoms. The van der Waals surface area contributed by atoms with Crippen LogP contribution in [0, 0.1) is 0 Å². The summed E-state index contributed by atoms with van der Waals surface area (Å²) >= 11 is 6.25. The van der Waals surface area contributed by atoms with E-state index in [0.29, 0.717) is 6.04 Å². The van der Waals surface area contributed by atoms with Crippen LogP contribution in [-0.4, -0.2) is 4.57 Å². The van der Waals surface area contributed by atoms with Crippen LogP contribution in [0.1, 0.15) is 24.9 Å². The van der Waals surface area contributed by atoms with Crippen molar-refractivity contribution in [1.82, 2.24) is 4.57 Å². The molecule has 0 saturated heterocycles. The monoisotopic (exact) mass is 269 g/mol. The van der Waals surface area contributed by atoms with Crippen molar-refractivity contribution in [2.75, 3.05) is 0 Å². The molecule has 0 amide bonds. The van der Waals surface area contributed by atoms with Crippen LogP contribution in [0.3, 0.4) is 0 Å². The number of benzene rings is 2. The third-order valence-corrected chi connectivity index (χ3v) is 3.95. The van der Waals surface area contributed by atoms with Gasteiger partial charge in [-0.3, -0.25) is 0 Å². The van der Waals surface area contributed by atoms with Crippen LogP contribution >= 0.6 is 11.6 Å². The Labute approximate surface area is 118 Å². The Kier molecular flexibility index (Phi) is 3.31. The van der Waals surface area contributed by atoms with E-state index in [1.54, 1.807) is 0 Å². The summed E-state index contributed by atoms with van der Waals surface area (Å²) in [5.74, 6) is 0. The molecule has 3 rings (SSSR count). The first-order valence-electron chi connectivity index (χ1n) is 6.61. The molecule has 2 heteroatoms. The number of hydrogen-bond acceptors (Lipinski definition) is 0. The molecule has 1 heterocycles. The zero-order chi connectivity index (χ0) is 13.2. The van der Waals surface area contributed by atoms with Crippen LogP contribution in [0.15, 0.2) is 60.8 Å². The molecule has 0 aliphatic heterocycles.